The van der Waals surface area contributed by atoms with Crippen molar-refractivity contribution in [1.29, 1.82) is 0 Å². The Labute approximate surface area is 126 Å². The average Bonchev–Trinajstić information content (AvgIpc) is 2.41. The molecule has 0 bridgehead atoms. The van der Waals surface area contributed by atoms with Crippen molar-refractivity contribution in [3.8, 4) is 0 Å². The summed E-state index contributed by atoms with van der Waals surface area (Å²) in [6.07, 6.45) is 8.83. The quantitative estimate of drug-likeness (QED) is 0.377. The Balaban J connectivity index is 0. The number of allylic oxidation sites excluding steroid dienone is 1. The number of aliphatic imine (C=N–C) groups is 1. The lowest BCUT2D eigenvalue weighted by Crippen LogP contribution is -2.16. The highest BCUT2D eigenvalue weighted by Crippen LogP contribution is 2.14. The van der Waals surface area contributed by atoms with E-state index < -0.39 is 6.29 Å². The molecule has 3 nitrogen and oxygen atoms in total. The molecule has 0 aromatic heterocycles. The van der Waals surface area contributed by atoms with Gasteiger partial charge in [0.25, 0.3) is 0 Å². The van der Waals surface area contributed by atoms with Crippen LogP contribution in [0.3, 0.4) is 0 Å². The summed E-state index contributed by atoms with van der Waals surface area (Å²) in [7, 11) is 0. The number of nitrogens with zero attached hydrogens (tertiary/aromatic N) is 1. The van der Waals surface area contributed by atoms with Crippen molar-refractivity contribution in [3.63, 3.8) is 0 Å². The van der Waals surface area contributed by atoms with Gasteiger partial charge >= 0.3 is 0 Å². The molecule has 0 fully saturated rings. The van der Waals surface area contributed by atoms with E-state index in [-0.39, 0.29) is 0 Å². The summed E-state index contributed by atoms with van der Waals surface area (Å²) in [6, 6.07) is 0.304. The fraction of sp³-hybridized carbons (Fsp3) is 0.824. The molecule has 0 aromatic carbocycles. The number of hydrogen-bond donors (Lipinski definition) is 1. The second kappa shape index (κ2) is 16.4. The lowest BCUT2D eigenvalue weighted by molar-refractivity contribution is -0.0691. The zero-order valence-electron chi connectivity index (χ0n) is 14.4. The second-order valence-electron chi connectivity index (χ2n) is 4.82. The molecule has 20 heavy (non-hydrogen) atoms. The topological polar surface area (TPSA) is 41.8 Å². The molecule has 0 aromatic rings. The van der Waals surface area contributed by atoms with E-state index in [0.717, 1.165) is 18.4 Å². The van der Waals surface area contributed by atoms with Crippen LogP contribution in [0.5, 0.6) is 0 Å². The second-order valence-corrected chi connectivity index (χ2v) is 4.82. The predicted octanol–water partition coefficient (Wildman–Crippen LogP) is 4.74. The van der Waals surface area contributed by atoms with Crippen LogP contribution >= 0.6 is 0 Å². The molecule has 1 N–H and O–H groups in total. The molecule has 0 aliphatic heterocycles. The third kappa shape index (κ3) is 13.8. The number of ether oxygens (including phenoxy) is 1. The summed E-state index contributed by atoms with van der Waals surface area (Å²) in [5.74, 6) is 0. The van der Waals surface area contributed by atoms with Gasteiger partial charge in [-0.25, -0.2) is 0 Å². The summed E-state index contributed by atoms with van der Waals surface area (Å²) in [4.78, 5) is 4.26. The van der Waals surface area contributed by atoms with Crippen molar-refractivity contribution < 1.29 is 9.84 Å². The summed E-state index contributed by atoms with van der Waals surface area (Å²) < 4.78 is 5.14. The molecule has 0 spiro atoms. The molecule has 120 valence electrons. The number of rotatable bonds is 9. The number of aliphatic hydroxyl groups is 1. The van der Waals surface area contributed by atoms with Gasteiger partial charge in [-0.2, -0.15) is 0 Å². The van der Waals surface area contributed by atoms with Crippen LogP contribution < -0.4 is 0 Å². The Morgan fingerprint density at radius 1 is 1.20 bits per heavy atom. The van der Waals surface area contributed by atoms with E-state index >= 15 is 0 Å². The van der Waals surface area contributed by atoms with Crippen LogP contribution in [-0.4, -0.2) is 30.3 Å². The minimum absolute atomic E-state index is 0.304. The van der Waals surface area contributed by atoms with Crippen molar-refractivity contribution in [2.45, 2.75) is 86.0 Å². The Kier molecular flexibility index (Phi) is 17.7. The van der Waals surface area contributed by atoms with Gasteiger partial charge in [0.2, 0.25) is 0 Å². The third-order valence-corrected chi connectivity index (χ3v) is 2.97. The van der Waals surface area contributed by atoms with Crippen molar-refractivity contribution >= 4 is 6.21 Å². The first kappa shape index (κ1) is 21.6. The van der Waals surface area contributed by atoms with Gasteiger partial charge < -0.3 is 9.84 Å². The van der Waals surface area contributed by atoms with E-state index in [9.17, 15) is 5.11 Å². The lowest BCUT2D eigenvalue weighted by atomic mass is 10.1. The Morgan fingerprint density at radius 3 is 2.15 bits per heavy atom. The van der Waals surface area contributed by atoms with Crippen molar-refractivity contribution in [2.75, 3.05) is 6.61 Å². The monoisotopic (exact) mass is 285 g/mol. The van der Waals surface area contributed by atoms with Gasteiger partial charge in [-0.1, -0.05) is 39.2 Å². The molecule has 0 saturated heterocycles. The van der Waals surface area contributed by atoms with Crippen LogP contribution in [-0.2, 0) is 4.74 Å². The standard InChI is InChI=1S/C12H23NO2.C5H12/c1-5-11(12(14)15-7-3)9-8-10(4)13-6-2;1-3-5-4-2/h5-6,10,12,14H,7-9H2,1-4H3;3-5H2,1-2H3/b11-5+,13-6?;. The fourth-order valence-corrected chi connectivity index (χ4v) is 1.73. The first-order chi connectivity index (χ1) is 9.56. The zero-order valence-corrected chi connectivity index (χ0v) is 14.4. The molecule has 0 aliphatic carbocycles. The molecule has 2 atom stereocenters. The van der Waals surface area contributed by atoms with Gasteiger partial charge in [-0.05, 0) is 52.3 Å². The Bertz CT molecular complexity index is 247. The smallest absolute Gasteiger partial charge is 0.177 e. The Morgan fingerprint density at radius 2 is 1.80 bits per heavy atom. The predicted molar refractivity (Wildman–Crippen MR) is 89.5 cm³/mol. The third-order valence-electron chi connectivity index (χ3n) is 2.97. The van der Waals surface area contributed by atoms with Crippen molar-refractivity contribution in [2.24, 2.45) is 4.99 Å². The van der Waals surface area contributed by atoms with Crippen molar-refractivity contribution in [1.82, 2.24) is 0 Å². The molecular weight excluding hydrogens is 250 g/mol. The average molecular weight is 285 g/mol. The highest BCUT2D eigenvalue weighted by atomic mass is 16.6. The summed E-state index contributed by atoms with van der Waals surface area (Å²) in [5, 5.41) is 9.62. The first-order valence-corrected chi connectivity index (χ1v) is 7.99. The van der Waals surface area contributed by atoms with E-state index in [1.54, 1.807) is 0 Å². The number of hydrogen-bond acceptors (Lipinski definition) is 3. The minimum Gasteiger partial charge on any atom is -0.364 e. The van der Waals surface area contributed by atoms with Crippen LogP contribution in [0.15, 0.2) is 16.6 Å². The van der Waals surface area contributed by atoms with Gasteiger partial charge in [0, 0.05) is 12.6 Å². The maximum Gasteiger partial charge on any atom is 0.177 e. The van der Waals surface area contributed by atoms with E-state index in [1.165, 1.54) is 19.3 Å². The summed E-state index contributed by atoms with van der Waals surface area (Å²) in [6.45, 7) is 12.7. The molecular formula is C17H35NO2. The summed E-state index contributed by atoms with van der Waals surface area (Å²) >= 11 is 0. The largest absolute Gasteiger partial charge is 0.364 e. The van der Waals surface area contributed by atoms with Gasteiger partial charge in [0.1, 0.15) is 0 Å². The van der Waals surface area contributed by atoms with E-state index in [2.05, 4.69) is 25.8 Å². The first-order valence-electron chi connectivity index (χ1n) is 7.99. The SMILES string of the molecule is CC=NC(C)CC/C(=C\C)C(O)OCC.CCCCC. The van der Waals surface area contributed by atoms with Crippen LogP contribution in [0.4, 0.5) is 0 Å². The fourth-order valence-electron chi connectivity index (χ4n) is 1.73. The number of aliphatic hydroxyl groups excluding tert-OH is 1. The molecule has 0 heterocycles. The normalized spacial score (nSPS) is 14.8. The van der Waals surface area contributed by atoms with Crippen LogP contribution in [0.25, 0.3) is 0 Å². The zero-order chi connectivity index (χ0) is 15.8. The van der Waals surface area contributed by atoms with E-state index in [1.807, 2.05) is 33.1 Å². The van der Waals surface area contributed by atoms with Gasteiger partial charge in [0.05, 0.1) is 0 Å². The van der Waals surface area contributed by atoms with Gasteiger partial charge in [0.15, 0.2) is 6.29 Å². The van der Waals surface area contributed by atoms with Gasteiger partial charge in [-0.3, -0.25) is 4.99 Å². The number of unbranched alkanes of at least 4 members (excludes halogenated alkanes) is 2. The van der Waals surface area contributed by atoms with Gasteiger partial charge in [-0.15, -0.1) is 0 Å². The maximum atomic E-state index is 9.62. The Hall–Kier alpha value is -0.670. The molecule has 0 saturated carbocycles. The van der Waals surface area contributed by atoms with Crippen LogP contribution in [0.2, 0.25) is 0 Å². The lowest BCUT2D eigenvalue weighted by Gasteiger charge is -2.15. The molecule has 3 heteroatoms. The minimum atomic E-state index is -0.752. The molecule has 0 radical (unpaired) electrons. The maximum absolute atomic E-state index is 9.62. The molecule has 0 aliphatic rings. The molecule has 0 rings (SSSR count). The molecule has 2 unspecified atom stereocenters. The highest BCUT2D eigenvalue weighted by molar-refractivity contribution is 5.53. The van der Waals surface area contributed by atoms with Crippen LogP contribution in [0.1, 0.15) is 73.6 Å². The van der Waals surface area contributed by atoms with E-state index in [4.69, 9.17) is 4.74 Å². The van der Waals surface area contributed by atoms with E-state index in [0.29, 0.717) is 12.6 Å². The molecule has 0 amide bonds. The van der Waals surface area contributed by atoms with Crippen LogP contribution in [0, 0.1) is 0 Å². The summed E-state index contributed by atoms with van der Waals surface area (Å²) in [5.41, 5.74) is 0.940. The highest BCUT2D eigenvalue weighted by Gasteiger charge is 2.10. The van der Waals surface area contributed by atoms with Crippen molar-refractivity contribution in [3.05, 3.63) is 11.6 Å².